The van der Waals surface area contributed by atoms with Gasteiger partial charge in [-0.25, -0.2) is 0 Å². The third-order valence-electron chi connectivity index (χ3n) is 10.9. The van der Waals surface area contributed by atoms with E-state index in [0.29, 0.717) is 0 Å². The van der Waals surface area contributed by atoms with E-state index >= 15 is 0 Å². The molecule has 1 heteroatoms. The summed E-state index contributed by atoms with van der Waals surface area (Å²) < 4.78 is 2.44. The van der Waals surface area contributed by atoms with Gasteiger partial charge < -0.3 is 4.57 Å². The normalized spacial score (nSPS) is 13.5. The van der Waals surface area contributed by atoms with E-state index < -0.39 is 0 Å². The molecule has 0 radical (unpaired) electrons. The Morgan fingerprint density at radius 3 is 1.71 bits per heavy atom. The zero-order valence-electron chi connectivity index (χ0n) is 27.1. The molecule has 1 aliphatic rings. The van der Waals surface area contributed by atoms with Crippen LogP contribution in [0.2, 0.25) is 0 Å². The van der Waals surface area contributed by atoms with Crippen LogP contribution in [-0.2, 0) is 5.41 Å². The van der Waals surface area contributed by atoms with E-state index in [-0.39, 0.29) is 5.41 Å². The van der Waals surface area contributed by atoms with Crippen LogP contribution in [0.4, 0.5) is 0 Å². The van der Waals surface area contributed by atoms with Gasteiger partial charge in [0, 0.05) is 21.9 Å². The monoisotopic (exact) mass is 611 g/mol. The van der Waals surface area contributed by atoms with E-state index in [4.69, 9.17) is 0 Å². The summed E-state index contributed by atoms with van der Waals surface area (Å²) in [6.07, 6.45) is 1.94. The van der Waals surface area contributed by atoms with Gasteiger partial charge in [0.05, 0.1) is 11.0 Å². The first-order chi connectivity index (χ1) is 23.5. The second kappa shape index (κ2) is 9.80. The predicted molar refractivity (Wildman–Crippen MR) is 206 cm³/mol. The number of rotatable bonds is 3. The van der Waals surface area contributed by atoms with Gasteiger partial charge in [0.15, 0.2) is 0 Å². The topological polar surface area (TPSA) is 4.93 Å². The molecule has 9 aromatic rings. The third kappa shape index (κ3) is 3.67. The first-order valence-electron chi connectivity index (χ1n) is 16.8. The molecule has 0 atom stereocenters. The third-order valence-corrected chi connectivity index (χ3v) is 10.9. The van der Waals surface area contributed by atoms with Crippen molar-refractivity contribution in [3.8, 4) is 27.9 Å². The number of aromatic nitrogens is 1. The van der Waals surface area contributed by atoms with Crippen molar-refractivity contribution < 1.29 is 0 Å². The summed E-state index contributed by atoms with van der Waals surface area (Å²) in [5.74, 6) is 0. The molecular formula is C47H33N. The maximum atomic E-state index is 4.09. The zero-order chi connectivity index (χ0) is 32.1. The molecule has 1 aromatic heterocycles. The highest BCUT2D eigenvalue weighted by atomic mass is 15.0. The van der Waals surface area contributed by atoms with Crippen LogP contribution in [0.5, 0.6) is 0 Å². The Kier molecular flexibility index (Phi) is 5.55. The number of fused-ring (bicyclic) bond motifs is 12. The maximum absolute atomic E-state index is 4.09. The quantitative estimate of drug-likeness (QED) is 0.175. The average molecular weight is 612 g/mol. The van der Waals surface area contributed by atoms with E-state index in [1.54, 1.807) is 0 Å². The van der Waals surface area contributed by atoms with Crippen LogP contribution in [0.25, 0.3) is 88.1 Å². The Morgan fingerprint density at radius 1 is 0.458 bits per heavy atom. The van der Waals surface area contributed by atoms with Crippen LogP contribution in [0.15, 0.2) is 152 Å². The molecule has 0 spiro atoms. The molecule has 226 valence electrons. The molecule has 0 amide bonds. The Balaban J connectivity index is 1.20. The van der Waals surface area contributed by atoms with Crippen LogP contribution >= 0.6 is 0 Å². The van der Waals surface area contributed by atoms with E-state index in [0.717, 1.165) is 5.56 Å². The lowest BCUT2D eigenvalue weighted by Gasteiger charge is -2.21. The molecule has 0 fully saturated rings. The molecule has 0 aliphatic heterocycles. The number of nitrogens with zero attached hydrogens (tertiary/aromatic N) is 1. The largest absolute Gasteiger partial charge is 0.309 e. The van der Waals surface area contributed by atoms with Crippen molar-refractivity contribution in [1.82, 2.24) is 4.57 Å². The van der Waals surface area contributed by atoms with Gasteiger partial charge in [-0.3, -0.25) is 0 Å². The van der Waals surface area contributed by atoms with Gasteiger partial charge in [-0.05, 0) is 114 Å². The molecule has 1 nitrogen and oxygen atoms in total. The van der Waals surface area contributed by atoms with Gasteiger partial charge in [0.25, 0.3) is 0 Å². The van der Waals surface area contributed by atoms with Gasteiger partial charge in [0.2, 0.25) is 0 Å². The highest BCUT2D eigenvalue weighted by Crippen LogP contribution is 2.49. The molecule has 1 aliphatic carbocycles. The molecular weight excluding hydrogens is 579 g/mol. The summed E-state index contributed by atoms with van der Waals surface area (Å²) in [5, 5.41) is 10.3. The van der Waals surface area contributed by atoms with Gasteiger partial charge >= 0.3 is 0 Å². The van der Waals surface area contributed by atoms with E-state index in [1.807, 2.05) is 6.08 Å². The minimum absolute atomic E-state index is 0.0173. The Labute approximate surface area is 280 Å². The Bertz CT molecular complexity index is 2790. The Hall–Kier alpha value is -5.92. The zero-order valence-corrected chi connectivity index (χ0v) is 27.1. The highest BCUT2D eigenvalue weighted by Gasteiger charge is 2.35. The molecule has 8 aromatic carbocycles. The molecule has 0 N–H and O–H groups in total. The van der Waals surface area contributed by atoms with Crippen molar-refractivity contribution in [3.63, 3.8) is 0 Å². The lowest BCUT2D eigenvalue weighted by molar-refractivity contribution is 0.660. The Morgan fingerprint density at radius 2 is 1.00 bits per heavy atom. The maximum Gasteiger partial charge on any atom is 0.0541 e. The predicted octanol–water partition coefficient (Wildman–Crippen LogP) is 12.9. The highest BCUT2D eigenvalue weighted by molar-refractivity contribution is 6.25. The van der Waals surface area contributed by atoms with Crippen LogP contribution in [-0.4, -0.2) is 4.57 Å². The van der Waals surface area contributed by atoms with Gasteiger partial charge in [-0.15, -0.1) is 0 Å². The molecule has 0 unspecified atom stereocenters. The van der Waals surface area contributed by atoms with Crippen molar-refractivity contribution in [2.75, 3.05) is 0 Å². The molecule has 0 saturated heterocycles. The van der Waals surface area contributed by atoms with Gasteiger partial charge in [0.1, 0.15) is 0 Å². The van der Waals surface area contributed by atoms with Gasteiger partial charge in [-0.1, -0.05) is 130 Å². The SMILES string of the molecule is C=Cc1ccc2c(c1)c1cc(-c3ccc4c5ccccc5c5ccccc5c4c3)ccc1n2-c1ccc2c(c1)-c1ccccc1C2(C)C. The molecule has 10 rings (SSSR count). The minimum atomic E-state index is -0.0173. The summed E-state index contributed by atoms with van der Waals surface area (Å²) in [5.41, 5.74) is 12.6. The lowest BCUT2D eigenvalue weighted by atomic mass is 9.82. The van der Waals surface area contributed by atoms with Crippen molar-refractivity contribution in [3.05, 3.63) is 169 Å². The fourth-order valence-corrected chi connectivity index (χ4v) is 8.56. The fraction of sp³-hybridized carbons (Fsp3) is 0.0638. The summed E-state index contributed by atoms with van der Waals surface area (Å²) >= 11 is 0. The van der Waals surface area contributed by atoms with Crippen molar-refractivity contribution in [2.45, 2.75) is 19.3 Å². The minimum Gasteiger partial charge on any atom is -0.309 e. The van der Waals surface area contributed by atoms with Crippen LogP contribution < -0.4 is 0 Å². The van der Waals surface area contributed by atoms with Gasteiger partial charge in [-0.2, -0.15) is 0 Å². The molecule has 1 heterocycles. The van der Waals surface area contributed by atoms with Crippen LogP contribution in [0.3, 0.4) is 0 Å². The van der Waals surface area contributed by atoms with Crippen LogP contribution in [0.1, 0.15) is 30.5 Å². The standard InChI is InChI=1S/C47H33N/c1-4-29-17-23-45-41(25-29)42-27-31(30-18-21-37-35-13-6-5-11-33(35)34-12-7-8-14-36(34)39(37)26-30)19-24-46(42)48(45)32-20-22-44-40(28-32)38-15-9-10-16-43(38)47(44,2)3/h4-28H,1H2,2-3H3. The first-order valence-corrected chi connectivity index (χ1v) is 16.8. The summed E-state index contributed by atoms with van der Waals surface area (Å²) in [7, 11) is 0. The molecule has 0 bridgehead atoms. The molecule has 0 saturated carbocycles. The van der Waals surface area contributed by atoms with E-state index in [1.165, 1.54) is 93.2 Å². The summed E-state index contributed by atoms with van der Waals surface area (Å²) in [6, 6.07) is 54.2. The average Bonchev–Trinajstić information content (AvgIpc) is 3.58. The second-order valence-corrected chi connectivity index (χ2v) is 13.8. The van der Waals surface area contributed by atoms with E-state index in [2.05, 4.69) is 171 Å². The van der Waals surface area contributed by atoms with Crippen molar-refractivity contribution in [1.29, 1.82) is 0 Å². The second-order valence-electron chi connectivity index (χ2n) is 13.8. The number of benzene rings is 8. The van der Waals surface area contributed by atoms with Crippen molar-refractivity contribution in [2.24, 2.45) is 0 Å². The van der Waals surface area contributed by atoms with Crippen molar-refractivity contribution >= 4 is 60.2 Å². The molecule has 48 heavy (non-hydrogen) atoms. The fourth-order valence-electron chi connectivity index (χ4n) is 8.56. The number of hydrogen-bond donors (Lipinski definition) is 0. The lowest BCUT2D eigenvalue weighted by Crippen LogP contribution is -2.14. The van der Waals surface area contributed by atoms with Crippen LogP contribution in [0, 0.1) is 0 Å². The number of hydrogen-bond acceptors (Lipinski definition) is 0. The van der Waals surface area contributed by atoms with E-state index in [9.17, 15) is 0 Å². The first kappa shape index (κ1) is 27.2. The summed E-state index contributed by atoms with van der Waals surface area (Å²) in [6.45, 7) is 8.77. The summed E-state index contributed by atoms with van der Waals surface area (Å²) in [4.78, 5) is 0. The smallest absolute Gasteiger partial charge is 0.0541 e.